The zero-order valence-corrected chi connectivity index (χ0v) is 11.7. The van der Waals surface area contributed by atoms with Gasteiger partial charge in [-0.1, -0.05) is 25.2 Å². The van der Waals surface area contributed by atoms with Crippen molar-refractivity contribution in [3.63, 3.8) is 0 Å². The Morgan fingerprint density at radius 3 is 2.53 bits per heavy atom. The fraction of sp³-hybridized carbons (Fsp3) is 0.636. The molecule has 106 valence electrons. The van der Waals surface area contributed by atoms with E-state index in [9.17, 15) is 9.59 Å². The Morgan fingerprint density at radius 2 is 2.05 bits per heavy atom. The smallest absolute Gasteiger partial charge is 0.308 e. The van der Waals surface area contributed by atoms with Gasteiger partial charge in [0.05, 0.1) is 12.3 Å². The molecule has 1 heterocycles. The van der Waals surface area contributed by atoms with Crippen LogP contribution in [0.15, 0.2) is 0 Å². The summed E-state index contributed by atoms with van der Waals surface area (Å²) in [5, 5.41) is 27.0. The van der Waals surface area contributed by atoms with E-state index in [4.69, 9.17) is 10.2 Å². The van der Waals surface area contributed by atoms with Gasteiger partial charge in [0.15, 0.2) is 0 Å². The van der Waals surface area contributed by atoms with Crippen LogP contribution in [0.25, 0.3) is 0 Å². The van der Waals surface area contributed by atoms with Crippen molar-refractivity contribution >= 4 is 28.4 Å². The van der Waals surface area contributed by atoms with Crippen LogP contribution in [0.2, 0.25) is 0 Å². The zero-order chi connectivity index (χ0) is 14.4. The van der Waals surface area contributed by atoms with E-state index in [0.717, 1.165) is 11.4 Å². The molecule has 0 aliphatic rings. The molecule has 8 heteroatoms. The van der Waals surface area contributed by atoms with Crippen molar-refractivity contribution in [2.24, 2.45) is 5.92 Å². The highest BCUT2D eigenvalue weighted by Crippen LogP contribution is 2.22. The molecule has 1 rings (SSSR count). The van der Waals surface area contributed by atoms with Crippen LogP contribution in [0, 0.1) is 5.92 Å². The number of carboxylic acid groups (broad SMARTS) is 2. The summed E-state index contributed by atoms with van der Waals surface area (Å²) in [5.74, 6) is -2.43. The average molecular weight is 287 g/mol. The Hall–Kier alpha value is -1.70. The monoisotopic (exact) mass is 287 g/mol. The minimum atomic E-state index is -0.923. The molecule has 1 unspecified atom stereocenters. The summed E-state index contributed by atoms with van der Waals surface area (Å²) in [6.07, 6.45) is 0.687. The van der Waals surface area contributed by atoms with Crippen LogP contribution in [0.1, 0.15) is 25.3 Å². The van der Waals surface area contributed by atoms with Gasteiger partial charge in [0, 0.05) is 13.1 Å². The first-order valence-corrected chi connectivity index (χ1v) is 6.77. The van der Waals surface area contributed by atoms with Crippen LogP contribution >= 0.6 is 11.3 Å². The van der Waals surface area contributed by atoms with Gasteiger partial charge in [-0.3, -0.25) is 9.59 Å². The van der Waals surface area contributed by atoms with Crippen molar-refractivity contribution in [2.75, 3.05) is 18.0 Å². The summed E-state index contributed by atoms with van der Waals surface area (Å²) in [7, 11) is 0. The van der Waals surface area contributed by atoms with Crippen molar-refractivity contribution in [3.8, 4) is 0 Å². The first-order chi connectivity index (χ1) is 8.93. The van der Waals surface area contributed by atoms with Gasteiger partial charge in [0.2, 0.25) is 5.13 Å². The molecule has 0 saturated heterocycles. The molecule has 1 atom stereocenters. The molecule has 2 N–H and O–H groups in total. The molecule has 0 amide bonds. The molecule has 0 radical (unpaired) electrons. The summed E-state index contributed by atoms with van der Waals surface area (Å²) in [4.78, 5) is 23.2. The molecule has 1 aromatic heterocycles. The molecule has 0 aromatic carbocycles. The molecule has 0 saturated carbocycles. The van der Waals surface area contributed by atoms with Crippen molar-refractivity contribution in [2.45, 2.75) is 26.7 Å². The predicted octanol–water partition coefficient (Wildman–Crippen LogP) is 1.10. The Bertz CT molecular complexity index is 449. The van der Waals surface area contributed by atoms with Gasteiger partial charge in [-0.2, -0.15) is 0 Å². The van der Waals surface area contributed by atoms with Crippen molar-refractivity contribution in [1.82, 2.24) is 10.2 Å². The second-order valence-corrected chi connectivity index (χ2v) is 5.20. The van der Waals surface area contributed by atoms with Crippen LogP contribution in [0.5, 0.6) is 0 Å². The minimum absolute atomic E-state index is 0.0621. The van der Waals surface area contributed by atoms with Crippen molar-refractivity contribution in [3.05, 3.63) is 5.01 Å². The van der Waals surface area contributed by atoms with E-state index in [1.54, 1.807) is 11.8 Å². The Balaban J connectivity index is 2.78. The molecule has 1 aromatic rings. The SMILES string of the molecule is CCc1nnc(N(CCC(=O)O)CC(C)C(=O)O)s1. The number of aliphatic carboxylic acids is 2. The second-order valence-electron chi connectivity index (χ2n) is 4.16. The third-order valence-electron chi connectivity index (χ3n) is 2.54. The lowest BCUT2D eigenvalue weighted by molar-refractivity contribution is -0.140. The standard InChI is InChI=1S/C11H17N3O4S/c1-3-8-12-13-11(19-8)14(5-4-9(15)16)6-7(2)10(17)18/h7H,3-6H2,1-2H3,(H,15,16)(H,17,18). The predicted molar refractivity (Wildman–Crippen MR) is 70.6 cm³/mol. The topological polar surface area (TPSA) is 104 Å². The summed E-state index contributed by atoms with van der Waals surface area (Å²) in [6, 6.07) is 0. The van der Waals surface area contributed by atoms with Crippen LogP contribution < -0.4 is 4.90 Å². The van der Waals surface area contributed by atoms with E-state index in [2.05, 4.69) is 10.2 Å². The van der Waals surface area contributed by atoms with Gasteiger partial charge >= 0.3 is 11.9 Å². The zero-order valence-electron chi connectivity index (χ0n) is 10.9. The van der Waals surface area contributed by atoms with Crippen molar-refractivity contribution in [1.29, 1.82) is 0 Å². The number of anilines is 1. The maximum atomic E-state index is 10.9. The van der Waals surface area contributed by atoms with E-state index in [0.29, 0.717) is 5.13 Å². The fourth-order valence-corrected chi connectivity index (χ4v) is 2.23. The summed E-state index contributed by atoms with van der Waals surface area (Å²) in [5.41, 5.74) is 0. The summed E-state index contributed by atoms with van der Waals surface area (Å²) >= 11 is 1.36. The van der Waals surface area contributed by atoms with E-state index < -0.39 is 17.9 Å². The average Bonchev–Trinajstić information content (AvgIpc) is 2.82. The second kappa shape index (κ2) is 7.03. The number of aromatic nitrogens is 2. The number of nitrogens with zero attached hydrogens (tertiary/aromatic N) is 3. The Kier molecular flexibility index (Phi) is 5.68. The summed E-state index contributed by atoms with van der Waals surface area (Å²) < 4.78 is 0. The van der Waals surface area contributed by atoms with Crippen LogP contribution in [0.4, 0.5) is 5.13 Å². The normalized spacial score (nSPS) is 12.1. The number of hydrogen-bond acceptors (Lipinski definition) is 6. The molecular formula is C11H17N3O4S. The molecular weight excluding hydrogens is 270 g/mol. The fourth-order valence-electron chi connectivity index (χ4n) is 1.42. The molecule has 0 spiro atoms. The molecule has 0 aliphatic carbocycles. The van der Waals surface area contributed by atoms with Crippen LogP contribution in [-0.4, -0.2) is 45.4 Å². The third kappa shape index (κ3) is 4.82. The third-order valence-corrected chi connectivity index (χ3v) is 3.67. The van der Waals surface area contributed by atoms with E-state index in [1.165, 1.54) is 11.3 Å². The highest BCUT2D eigenvalue weighted by Gasteiger charge is 2.20. The number of hydrogen-bond donors (Lipinski definition) is 2. The maximum absolute atomic E-state index is 10.9. The van der Waals surface area contributed by atoms with Gasteiger partial charge in [0.25, 0.3) is 0 Å². The van der Waals surface area contributed by atoms with Gasteiger partial charge in [-0.25, -0.2) is 0 Å². The molecule has 0 bridgehead atoms. The first-order valence-electron chi connectivity index (χ1n) is 5.96. The molecule has 7 nitrogen and oxygen atoms in total. The Morgan fingerprint density at radius 1 is 1.37 bits per heavy atom. The van der Waals surface area contributed by atoms with Gasteiger partial charge in [0.1, 0.15) is 5.01 Å². The molecule has 0 aliphatic heterocycles. The lowest BCUT2D eigenvalue weighted by Gasteiger charge is -2.22. The van der Waals surface area contributed by atoms with Crippen LogP contribution in [-0.2, 0) is 16.0 Å². The number of rotatable bonds is 8. The minimum Gasteiger partial charge on any atom is -0.481 e. The van der Waals surface area contributed by atoms with Crippen LogP contribution in [0.3, 0.4) is 0 Å². The quantitative estimate of drug-likeness (QED) is 0.737. The molecule has 0 fully saturated rings. The number of carboxylic acids is 2. The number of aryl methyl sites for hydroxylation is 1. The van der Waals surface area contributed by atoms with Crippen molar-refractivity contribution < 1.29 is 19.8 Å². The van der Waals surface area contributed by atoms with Gasteiger partial charge in [-0.15, -0.1) is 10.2 Å². The lowest BCUT2D eigenvalue weighted by atomic mass is 10.2. The summed E-state index contributed by atoms with van der Waals surface area (Å²) in [6.45, 7) is 3.98. The largest absolute Gasteiger partial charge is 0.481 e. The van der Waals surface area contributed by atoms with E-state index in [-0.39, 0.29) is 19.5 Å². The van der Waals surface area contributed by atoms with Gasteiger partial charge in [-0.05, 0) is 6.42 Å². The van der Waals surface area contributed by atoms with E-state index in [1.807, 2.05) is 6.92 Å². The first kappa shape index (κ1) is 15.4. The molecule has 19 heavy (non-hydrogen) atoms. The number of carbonyl (C=O) groups is 2. The lowest BCUT2D eigenvalue weighted by Crippen LogP contribution is -2.33. The van der Waals surface area contributed by atoms with E-state index >= 15 is 0 Å². The Labute approximate surface area is 114 Å². The maximum Gasteiger partial charge on any atom is 0.308 e. The highest BCUT2D eigenvalue weighted by atomic mass is 32.1. The van der Waals surface area contributed by atoms with Gasteiger partial charge < -0.3 is 15.1 Å². The highest BCUT2D eigenvalue weighted by molar-refractivity contribution is 7.15.